The van der Waals surface area contributed by atoms with Gasteiger partial charge in [0.15, 0.2) is 0 Å². The Morgan fingerprint density at radius 1 is 0.941 bits per heavy atom. The van der Waals surface area contributed by atoms with Crippen molar-refractivity contribution < 1.29 is 9.59 Å². The summed E-state index contributed by atoms with van der Waals surface area (Å²) < 4.78 is 0. The highest BCUT2D eigenvalue weighted by molar-refractivity contribution is 5.93. The van der Waals surface area contributed by atoms with Crippen LogP contribution in [0.5, 0.6) is 0 Å². The lowest BCUT2D eigenvalue weighted by atomic mass is 9.94. The predicted molar refractivity (Wildman–Crippen MR) is 71.7 cm³/mol. The third-order valence-corrected chi connectivity index (χ3v) is 3.15. The van der Waals surface area contributed by atoms with Gasteiger partial charge in [-0.05, 0) is 12.8 Å². The Bertz CT molecular complexity index is 199. The molecule has 99 valence electrons. The molecule has 0 amide bonds. The molecule has 0 aliphatic heterocycles. The average molecular weight is 239 g/mol. The van der Waals surface area contributed by atoms with E-state index >= 15 is 0 Å². The lowest BCUT2D eigenvalue weighted by Gasteiger charge is -2.08. The van der Waals surface area contributed by atoms with Crippen LogP contribution in [0.2, 0.25) is 0 Å². The van der Waals surface area contributed by atoms with E-state index in [1.54, 1.807) is 0 Å². The van der Waals surface area contributed by atoms with E-state index in [1.807, 2.05) is 6.29 Å². The molecule has 17 heavy (non-hydrogen) atoms. The maximum atomic E-state index is 11.7. The van der Waals surface area contributed by atoms with E-state index in [0.717, 1.165) is 25.7 Å². The first-order valence-corrected chi connectivity index (χ1v) is 7.16. The van der Waals surface area contributed by atoms with Crippen molar-refractivity contribution >= 4 is 12.1 Å². The van der Waals surface area contributed by atoms with E-state index in [1.165, 1.54) is 25.7 Å². The molecule has 0 aromatic carbocycles. The smallest absolute Gasteiger partial charge is 0.209 e. The zero-order valence-corrected chi connectivity index (χ0v) is 11.5. The maximum Gasteiger partial charge on any atom is 0.209 e. The summed E-state index contributed by atoms with van der Waals surface area (Å²) in [6, 6.07) is 0. The van der Waals surface area contributed by atoms with Gasteiger partial charge in [-0.25, -0.2) is 0 Å². The van der Waals surface area contributed by atoms with Crippen LogP contribution in [-0.4, -0.2) is 12.1 Å². The van der Waals surface area contributed by atoms with E-state index in [0.29, 0.717) is 12.8 Å². The Morgan fingerprint density at radius 3 is 2.06 bits per heavy atom. The SMILES string of the molecule is CCCCCCC(=O)C([C]=O)CCCCCC. The fraction of sp³-hybridized carbons (Fsp3) is 0.867. The van der Waals surface area contributed by atoms with Gasteiger partial charge in [-0.3, -0.25) is 9.59 Å². The highest BCUT2D eigenvalue weighted by Gasteiger charge is 2.17. The number of hydrogen-bond donors (Lipinski definition) is 0. The topological polar surface area (TPSA) is 34.1 Å². The van der Waals surface area contributed by atoms with Gasteiger partial charge in [-0.2, -0.15) is 0 Å². The third kappa shape index (κ3) is 9.08. The Balaban J connectivity index is 3.68. The van der Waals surface area contributed by atoms with Gasteiger partial charge in [0.05, 0.1) is 5.92 Å². The minimum Gasteiger partial charge on any atom is -0.299 e. The summed E-state index contributed by atoms with van der Waals surface area (Å²) in [6.45, 7) is 4.31. The van der Waals surface area contributed by atoms with Crippen LogP contribution >= 0.6 is 0 Å². The number of ketones is 1. The number of unbranched alkanes of at least 4 members (excludes halogenated alkanes) is 6. The Kier molecular flexibility index (Phi) is 11.4. The Labute approximate surface area is 106 Å². The van der Waals surface area contributed by atoms with Crippen molar-refractivity contribution in [2.45, 2.75) is 78.1 Å². The van der Waals surface area contributed by atoms with Crippen LogP contribution in [0.3, 0.4) is 0 Å². The number of rotatable bonds is 12. The molecular formula is C15H27O2. The molecular weight excluding hydrogens is 212 g/mol. The quantitative estimate of drug-likeness (QED) is 0.377. The molecule has 0 rings (SSSR count). The molecule has 0 aromatic heterocycles. The molecule has 0 N–H and O–H groups in total. The normalized spacial score (nSPS) is 12.4. The second kappa shape index (κ2) is 11.8. The maximum absolute atomic E-state index is 11.7. The lowest BCUT2D eigenvalue weighted by Crippen LogP contribution is -2.15. The molecule has 2 nitrogen and oxygen atoms in total. The van der Waals surface area contributed by atoms with Crippen molar-refractivity contribution in [1.29, 1.82) is 0 Å². The zero-order valence-electron chi connectivity index (χ0n) is 11.5. The molecule has 1 radical (unpaired) electrons. The minimum absolute atomic E-state index is 0.104. The molecule has 0 bridgehead atoms. The van der Waals surface area contributed by atoms with E-state index in [-0.39, 0.29) is 5.78 Å². The molecule has 0 aliphatic rings. The van der Waals surface area contributed by atoms with E-state index < -0.39 is 5.92 Å². The van der Waals surface area contributed by atoms with Crippen LogP contribution in [-0.2, 0) is 9.59 Å². The molecule has 0 heterocycles. The highest BCUT2D eigenvalue weighted by Crippen LogP contribution is 2.14. The van der Waals surface area contributed by atoms with Gasteiger partial charge in [-0.1, -0.05) is 58.8 Å². The average Bonchev–Trinajstić information content (AvgIpc) is 2.34. The van der Waals surface area contributed by atoms with Gasteiger partial charge >= 0.3 is 0 Å². The number of carbonyl (C=O) groups is 1. The van der Waals surface area contributed by atoms with Gasteiger partial charge in [0, 0.05) is 6.42 Å². The summed E-state index contributed by atoms with van der Waals surface area (Å²) in [4.78, 5) is 22.5. The molecule has 1 atom stereocenters. The van der Waals surface area contributed by atoms with Crippen LogP contribution in [0.15, 0.2) is 0 Å². The fourth-order valence-corrected chi connectivity index (χ4v) is 1.96. The first kappa shape index (κ1) is 16.3. The highest BCUT2D eigenvalue weighted by atomic mass is 16.1. The summed E-state index contributed by atoms with van der Waals surface area (Å²) in [7, 11) is 0. The number of carbonyl (C=O) groups excluding carboxylic acids is 2. The van der Waals surface area contributed by atoms with Crippen LogP contribution < -0.4 is 0 Å². The second-order valence-electron chi connectivity index (χ2n) is 4.80. The van der Waals surface area contributed by atoms with Crippen molar-refractivity contribution in [2.75, 3.05) is 0 Å². The molecule has 2 heteroatoms. The Morgan fingerprint density at radius 2 is 1.53 bits per heavy atom. The van der Waals surface area contributed by atoms with Gasteiger partial charge in [-0.15, -0.1) is 0 Å². The minimum atomic E-state index is -0.450. The molecule has 1 unspecified atom stereocenters. The van der Waals surface area contributed by atoms with Crippen molar-refractivity contribution in [1.82, 2.24) is 0 Å². The molecule has 0 saturated carbocycles. The zero-order chi connectivity index (χ0) is 12.9. The Hall–Kier alpha value is -0.660. The van der Waals surface area contributed by atoms with E-state index in [2.05, 4.69) is 13.8 Å². The van der Waals surface area contributed by atoms with Crippen molar-refractivity contribution in [3.05, 3.63) is 0 Å². The number of hydrogen-bond acceptors (Lipinski definition) is 2. The lowest BCUT2D eigenvalue weighted by molar-refractivity contribution is -0.121. The van der Waals surface area contributed by atoms with E-state index in [9.17, 15) is 9.59 Å². The molecule has 0 fully saturated rings. The summed E-state index contributed by atoms with van der Waals surface area (Å²) in [5.74, 6) is -0.346. The molecule has 0 aromatic rings. The van der Waals surface area contributed by atoms with Gasteiger partial charge < -0.3 is 0 Å². The van der Waals surface area contributed by atoms with Crippen molar-refractivity contribution in [3.8, 4) is 0 Å². The summed E-state index contributed by atoms with van der Waals surface area (Å²) in [6.07, 6.45) is 12.0. The fourth-order valence-electron chi connectivity index (χ4n) is 1.96. The predicted octanol–water partition coefficient (Wildman–Crippen LogP) is 4.22. The molecule has 0 aliphatic carbocycles. The second-order valence-corrected chi connectivity index (χ2v) is 4.80. The van der Waals surface area contributed by atoms with Crippen molar-refractivity contribution in [3.63, 3.8) is 0 Å². The summed E-state index contributed by atoms with van der Waals surface area (Å²) in [5, 5.41) is 0. The number of Topliss-reactive ketones (excluding diaryl/α,β-unsaturated/α-hetero) is 1. The van der Waals surface area contributed by atoms with E-state index in [4.69, 9.17) is 0 Å². The van der Waals surface area contributed by atoms with Crippen LogP contribution in [0.4, 0.5) is 0 Å². The third-order valence-electron chi connectivity index (χ3n) is 3.15. The first-order valence-electron chi connectivity index (χ1n) is 7.16. The van der Waals surface area contributed by atoms with Crippen LogP contribution in [0.1, 0.15) is 78.1 Å². The monoisotopic (exact) mass is 239 g/mol. The van der Waals surface area contributed by atoms with Gasteiger partial charge in [0.25, 0.3) is 0 Å². The first-order chi connectivity index (χ1) is 8.26. The van der Waals surface area contributed by atoms with Crippen molar-refractivity contribution in [2.24, 2.45) is 5.92 Å². The molecule has 0 saturated heterocycles. The van der Waals surface area contributed by atoms with Gasteiger partial charge in [0.2, 0.25) is 6.29 Å². The standard InChI is InChI=1S/C15H27O2/c1-3-5-7-9-11-14(13-16)15(17)12-10-8-6-4-2/h14H,3-12H2,1-2H3. The van der Waals surface area contributed by atoms with Crippen LogP contribution in [0.25, 0.3) is 0 Å². The molecule has 0 spiro atoms. The van der Waals surface area contributed by atoms with Gasteiger partial charge in [0.1, 0.15) is 5.78 Å². The largest absolute Gasteiger partial charge is 0.299 e. The van der Waals surface area contributed by atoms with Crippen LogP contribution in [0, 0.1) is 5.92 Å². The summed E-state index contributed by atoms with van der Waals surface area (Å²) in [5.41, 5.74) is 0. The summed E-state index contributed by atoms with van der Waals surface area (Å²) >= 11 is 0.